The third-order valence-electron chi connectivity index (χ3n) is 5.52. The molecule has 2 fully saturated rings. The Morgan fingerprint density at radius 3 is 2.41 bits per heavy atom. The summed E-state index contributed by atoms with van der Waals surface area (Å²) in [5.74, 6) is -0.521. The van der Waals surface area contributed by atoms with E-state index in [-0.39, 0.29) is 35.2 Å². The summed E-state index contributed by atoms with van der Waals surface area (Å²) < 4.78 is 32.1. The highest BCUT2D eigenvalue weighted by Gasteiger charge is 2.38. The van der Waals surface area contributed by atoms with E-state index in [1.807, 2.05) is 6.92 Å². The van der Waals surface area contributed by atoms with Crippen molar-refractivity contribution < 1.29 is 22.7 Å². The minimum Gasteiger partial charge on any atom is -0.375 e. The molecule has 2 aliphatic rings. The molecule has 0 spiro atoms. The first-order valence-electron chi connectivity index (χ1n) is 10.1. The number of sulfonamides is 1. The van der Waals surface area contributed by atoms with Crippen molar-refractivity contribution in [1.29, 1.82) is 0 Å². The molecule has 9 heteroatoms. The topological polar surface area (TPSA) is 87.2 Å². The number of nitrogens with zero attached hydrogens (tertiary/aromatic N) is 3. The van der Waals surface area contributed by atoms with Crippen molar-refractivity contribution >= 4 is 27.5 Å². The molecule has 1 aromatic rings. The van der Waals surface area contributed by atoms with Gasteiger partial charge < -0.3 is 14.5 Å². The van der Waals surface area contributed by atoms with Crippen LogP contribution in [0.15, 0.2) is 29.2 Å². The predicted octanol–water partition coefficient (Wildman–Crippen LogP) is 1.32. The lowest BCUT2D eigenvalue weighted by Crippen LogP contribution is -2.47. The van der Waals surface area contributed by atoms with Crippen molar-refractivity contribution in [3.05, 3.63) is 24.3 Å². The molecule has 3 rings (SSSR count). The molecule has 0 aromatic heterocycles. The van der Waals surface area contributed by atoms with Crippen LogP contribution in [0.3, 0.4) is 0 Å². The van der Waals surface area contributed by atoms with Crippen molar-refractivity contribution in [3.63, 3.8) is 0 Å². The number of ether oxygens (including phenoxy) is 1. The van der Waals surface area contributed by atoms with E-state index in [0.717, 1.165) is 0 Å². The zero-order chi connectivity index (χ0) is 21.2. The maximum Gasteiger partial charge on any atom is 0.243 e. The monoisotopic (exact) mass is 423 g/mol. The SMILES string of the molecule is CCN(CC)S(=O)(=O)c1ccc(N2C[C@@H](C(=O)N3CCO[C@@H](C)C3)CC2=O)cc1. The van der Waals surface area contributed by atoms with Crippen molar-refractivity contribution in [1.82, 2.24) is 9.21 Å². The molecular weight excluding hydrogens is 394 g/mol. The maximum atomic E-state index is 12.8. The van der Waals surface area contributed by atoms with E-state index in [9.17, 15) is 18.0 Å². The summed E-state index contributed by atoms with van der Waals surface area (Å²) in [5, 5.41) is 0. The molecule has 2 amide bonds. The highest BCUT2D eigenvalue weighted by molar-refractivity contribution is 7.89. The lowest BCUT2D eigenvalue weighted by Gasteiger charge is -2.32. The highest BCUT2D eigenvalue weighted by atomic mass is 32.2. The van der Waals surface area contributed by atoms with Gasteiger partial charge in [-0.2, -0.15) is 4.31 Å². The molecule has 29 heavy (non-hydrogen) atoms. The second-order valence-corrected chi connectivity index (χ2v) is 9.39. The second kappa shape index (κ2) is 8.81. The molecule has 0 saturated carbocycles. The van der Waals surface area contributed by atoms with Crippen LogP contribution in [-0.2, 0) is 24.3 Å². The average Bonchev–Trinajstić information content (AvgIpc) is 3.10. The Morgan fingerprint density at radius 2 is 1.83 bits per heavy atom. The second-order valence-electron chi connectivity index (χ2n) is 7.45. The Bertz CT molecular complexity index is 851. The lowest BCUT2D eigenvalue weighted by atomic mass is 10.1. The quantitative estimate of drug-likeness (QED) is 0.689. The van der Waals surface area contributed by atoms with Crippen LogP contribution < -0.4 is 4.90 Å². The number of carbonyl (C=O) groups excluding carboxylic acids is 2. The van der Waals surface area contributed by atoms with Crippen LogP contribution in [0.4, 0.5) is 5.69 Å². The number of carbonyl (C=O) groups is 2. The maximum absolute atomic E-state index is 12.8. The average molecular weight is 424 g/mol. The molecule has 0 N–H and O–H groups in total. The van der Waals surface area contributed by atoms with E-state index < -0.39 is 10.0 Å². The summed E-state index contributed by atoms with van der Waals surface area (Å²) in [6, 6.07) is 6.32. The molecule has 0 radical (unpaired) electrons. The fourth-order valence-electron chi connectivity index (χ4n) is 3.91. The van der Waals surface area contributed by atoms with E-state index in [4.69, 9.17) is 4.74 Å². The Labute approximate surface area is 172 Å². The van der Waals surface area contributed by atoms with Gasteiger partial charge in [0.1, 0.15) is 0 Å². The summed E-state index contributed by atoms with van der Waals surface area (Å²) in [4.78, 5) is 28.9. The normalized spacial score (nSPS) is 23.1. The highest BCUT2D eigenvalue weighted by Crippen LogP contribution is 2.28. The van der Waals surface area contributed by atoms with Gasteiger partial charge in [-0.05, 0) is 31.2 Å². The van der Waals surface area contributed by atoms with Gasteiger partial charge in [-0.15, -0.1) is 0 Å². The zero-order valence-corrected chi connectivity index (χ0v) is 18.0. The van der Waals surface area contributed by atoms with Crippen LogP contribution in [-0.4, -0.2) is 74.9 Å². The number of anilines is 1. The van der Waals surface area contributed by atoms with Crippen LogP contribution in [0.5, 0.6) is 0 Å². The van der Waals surface area contributed by atoms with Gasteiger partial charge in [0.05, 0.1) is 23.5 Å². The number of amides is 2. The fraction of sp³-hybridized carbons (Fsp3) is 0.600. The minimum absolute atomic E-state index is 0.00112. The van der Waals surface area contributed by atoms with Crippen molar-refractivity contribution in [2.45, 2.75) is 38.2 Å². The largest absolute Gasteiger partial charge is 0.375 e. The number of morpholine rings is 1. The van der Waals surface area contributed by atoms with Crippen LogP contribution in [0, 0.1) is 5.92 Å². The number of hydrogen-bond acceptors (Lipinski definition) is 5. The minimum atomic E-state index is -3.54. The van der Waals surface area contributed by atoms with Gasteiger partial charge in [-0.1, -0.05) is 13.8 Å². The molecule has 0 aliphatic carbocycles. The van der Waals surface area contributed by atoms with Crippen molar-refractivity contribution in [2.24, 2.45) is 5.92 Å². The number of hydrogen-bond donors (Lipinski definition) is 0. The molecule has 2 saturated heterocycles. The summed E-state index contributed by atoms with van der Waals surface area (Å²) in [5.41, 5.74) is 0.610. The summed E-state index contributed by atoms with van der Waals surface area (Å²) in [7, 11) is -3.54. The molecule has 2 aliphatic heterocycles. The first kappa shape index (κ1) is 21.7. The van der Waals surface area contributed by atoms with E-state index in [1.165, 1.54) is 16.4 Å². The van der Waals surface area contributed by atoms with Crippen LogP contribution in [0.25, 0.3) is 0 Å². The smallest absolute Gasteiger partial charge is 0.243 e. The van der Waals surface area contributed by atoms with Crippen LogP contribution >= 0.6 is 0 Å². The van der Waals surface area contributed by atoms with E-state index >= 15 is 0 Å². The molecule has 0 unspecified atom stereocenters. The van der Waals surface area contributed by atoms with E-state index in [1.54, 1.807) is 35.8 Å². The number of rotatable bonds is 6. The molecule has 2 atom stereocenters. The lowest BCUT2D eigenvalue weighted by molar-refractivity contribution is -0.142. The van der Waals surface area contributed by atoms with Gasteiger partial charge in [-0.25, -0.2) is 8.42 Å². The molecule has 1 aromatic carbocycles. The summed E-state index contributed by atoms with van der Waals surface area (Å²) >= 11 is 0. The van der Waals surface area contributed by atoms with Gasteiger partial charge >= 0.3 is 0 Å². The first-order valence-corrected chi connectivity index (χ1v) is 11.5. The van der Waals surface area contributed by atoms with Crippen LogP contribution in [0.1, 0.15) is 27.2 Å². The summed E-state index contributed by atoms with van der Waals surface area (Å²) in [6.45, 7) is 8.23. The molecule has 0 bridgehead atoms. The zero-order valence-electron chi connectivity index (χ0n) is 17.2. The molecule has 160 valence electrons. The van der Waals surface area contributed by atoms with Crippen LogP contribution in [0.2, 0.25) is 0 Å². The number of benzene rings is 1. The van der Waals surface area contributed by atoms with E-state index in [0.29, 0.717) is 45.0 Å². The van der Waals surface area contributed by atoms with Gasteiger partial charge in [-0.3, -0.25) is 9.59 Å². The third-order valence-corrected chi connectivity index (χ3v) is 7.58. The summed E-state index contributed by atoms with van der Waals surface area (Å²) in [6.07, 6.45) is 0.172. The third kappa shape index (κ3) is 4.46. The Morgan fingerprint density at radius 1 is 1.17 bits per heavy atom. The Kier molecular flexibility index (Phi) is 6.60. The van der Waals surface area contributed by atoms with Gasteiger partial charge in [0, 0.05) is 44.8 Å². The van der Waals surface area contributed by atoms with Crippen molar-refractivity contribution in [2.75, 3.05) is 44.2 Å². The van der Waals surface area contributed by atoms with Crippen molar-refractivity contribution in [3.8, 4) is 0 Å². The fourth-order valence-corrected chi connectivity index (χ4v) is 5.37. The first-order chi connectivity index (χ1) is 13.8. The molecule has 8 nitrogen and oxygen atoms in total. The standard InChI is InChI=1S/C20H29N3O5S/c1-4-22(5-2)29(26,27)18-8-6-17(7-9-18)23-14-16(12-19(23)24)20(25)21-10-11-28-15(3)13-21/h6-9,15-16H,4-5,10-14H2,1-3H3/t15-,16-/m0/s1. The Hall–Kier alpha value is -1.97. The molecule has 2 heterocycles. The molecular formula is C20H29N3O5S. The Balaban J connectivity index is 1.71. The van der Waals surface area contributed by atoms with E-state index in [2.05, 4.69) is 0 Å². The predicted molar refractivity (Wildman–Crippen MR) is 109 cm³/mol. The van der Waals surface area contributed by atoms with Gasteiger partial charge in [0.15, 0.2) is 0 Å². The van der Waals surface area contributed by atoms with Gasteiger partial charge in [0.2, 0.25) is 21.8 Å². The van der Waals surface area contributed by atoms with Gasteiger partial charge in [0.25, 0.3) is 0 Å².